The number of nitrogens with zero attached hydrogens (tertiary/aromatic N) is 2. The van der Waals surface area contributed by atoms with Gasteiger partial charge in [-0.2, -0.15) is 0 Å². The molecule has 22 heavy (non-hydrogen) atoms. The first-order valence-corrected chi connectivity index (χ1v) is 9.20. The zero-order valence-electron chi connectivity index (χ0n) is 13.7. The van der Waals surface area contributed by atoms with Crippen LogP contribution in [0.3, 0.4) is 0 Å². The molecule has 0 bridgehead atoms. The molecule has 0 atom stereocenters. The third-order valence-corrected chi connectivity index (χ3v) is 4.95. The molecule has 0 aliphatic carbocycles. The summed E-state index contributed by atoms with van der Waals surface area (Å²) >= 11 is 0. The molecule has 0 aromatic carbocycles. The van der Waals surface area contributed by atoms with Crippen molar-refractivity contribution in [2.75, 3.05) is 53.2 Å². The minimum atomic E-state index is -3.04. The lowest BCUT2D eigenvalue weighted by atomic mass is 9.98. The van der Waals surface area contributed by atoms with Crippen LogP contribution in [0.25, 0.3) is 0 Å². The summed E-state index contributed by atoms with van der Waals surface area (Å²) in [4.78, 5) is 4.17. The molecule has 132 valence electrons. The SMILES string of the molecule is CN=C(NCCCOC)NCC1CCN(S(C)(=O)=O)CC1.I. The molecular weight excluding hydrogens is 419 g/mol. The fraction of sp³-hybridized carbons (Fsp3) is 0.923. The monoisotopic (exact) mass is 448 g/mol. The molecular formula is C13H29IN4O3S. The topological polar surface area (TPSA) is 83.0 Å². The van der Waals surface area contributed by atoms with Crippen molar-refractivity contribution in [1.29, 1.82) is 0 Å². The second kappa shape index (κ2) is 11.4. The molecule has 1 rings (SSSR count). The predicted octanol–water partition coefficient (Wildman–Crippen LogP) is 0.478. The number of hydrogen-bond acceptors (Lipinski definition) is 4. The van der Waals surface area contributed by atoms with E-state index in [0.29, 0.717) is 19.0 Å². The number of hydrogen-bond donors (Lipinski definition) is 2. The van der Waals surface area contributed by atoms with Gasteiger partial charge >= 0.3 is 0 Å². The Morgan fingerprint density at radius 2 is 1.95 bits per heavy atom. The van der Waals surface area contributed by atoms with Gasteiger partial charge in [-0.15, -0.1) is 24.0 Å². The fourth-order valence-corrected chi connectivity index (χ4v) is 3.20. The second-order valence-corrected chi connectivity index (χ2v) is 7.31. The molecule has 0 saturated carbocycles. The van der Waals surface area contributed by atoms with Crippen LogP contribution in [-0.2, 0) is 14.8 Å². The summed E-state index contributed by atoms with van der Waals surface area (Å²) in [7, 11) is 0.401. The van der Waals surface area contributed by atoms with E-state index in [2.05, 4.69) is 15.6 Å². The number of guanidine groups is 1. The molecule has 9 heteroatoms. The minimum Gasteiger partial charge on any atom is -0.385 e. The minimum absolute atomic E-state index is 0. The first-order valence-electron chi connectivity index (χ1n) is 7.36. The van der Waals surface area contributed by atoms with Crippen molar-refractivity contribution < 1.29 is 13.2 Å². The molecule has 0 spiro atoms. The van der Waals surface area contributed by atoms with E-state index in [4.69, 9.17) is 4.74 Å². The highest BCUT2D eigenvalue weighted by atomic mass is 127. The van der Waals surface area contributed by atoms with E-state index < -0.39 is 10.0 Å². The van der Waals surface area contributed by atoms with E-state index >= 15 is 0 Å². The Morgan fingerprint density at radius 1 is 1.32 bits per heavy atom. The van der Waals surface area contributed by atoms with E-state index in [-0.39, 0.29) is 24.0 Å². The summed E-state index contributed by atoms with van der Waals surface area (Å²) < 4.78 is 29.4. The van der Waals surface area contributed by atoms with Gasteiger partial charge in [-0.1, -0.05) is 0 Å². The maximum absolute atomic E-state index is 11.4. The molecule has 2 N–H and O–H groups in total. The smallest absolute Gasteiger partial charge is 0.211 e. The van der Waals surface area contributed by atoms with Crippen LogP contribution in [0.5, 0.6) is 0 Å². The maximum atomic E-state index is 11.4. The number of aliphatic imine (C=N–C) groups is 1. The first kappa shape index (κ1) is 21.9. The number of rotatable bonds is 7. The van der Waals surface area contributed by atoms with E-state index in [0.717, 1.165) is 44.9 Å². The molecule has 1 heterocycles. The Kier molecular flexibility index (Phi) is 11.3. The molecule has 0 aromatic heterocycles. The Bertz CT molecular complexity index is 423. The normalized spacial score (nSPS) is 17.9. The third kappa shape index (κ3) is 8.49. The second-order valence-electron chi connectivity index (χ2n) is 5.33. The predicted molar refractivity (Wildman–Crippen MR) is 100 cm³/mol. The average Bonchev–Trinajstić information content (AvgIpc) is 2.46. The van der Waals surface area contributed by atoms with E-state index in [1.54, 1.807) is 18.5 Å². The zero-order chi connectivity index (χ0) is 15.7. The fourth-order valence-electron chi connectivity index (χ4n) is 2.33. The van der Waals surface area contributed by atoms with Gasteiger partial charge in [-0.05, 0) is 25.2 Å². The van der Waals surface area contributed by atoms with Crippen LogP contribution in [0.1, 0.15) is 19.3 Å². The molecule has 1 aliphatic heterocycles. The highest BCUT2D eigenvalue weighted by Gasteiger charge is 2.24. The molecule has 0 amide bonds. The summed E-state index contributed by atoms with van der Waals surface area (Å²) in [6.45, 7) is 3.60. The van der Waals surface area contributed by atoms with Crippen LogP contribution in [0.4, 0.5) is 0 Å². The summed E-state index contributed by atoms with van der Waals surface area (Å²) in [6.07, 6.45) is 3.99. The van der Waals surface area contributed by atoms with Gasteiger partial charge in [0.05, 0.1) is 6.26 Å². The Morgan fingerprint density at radius 3 is 2.45 bits per heavy atom. The number of nitrogens with one attached hydrogen (secondary N) is 2. The quantitative estimate of drug-likeness (QED) is 0.256. The Balaban J connectivity index is 0.00000441. The Hall–Kier alpha value is -0.130. The van der Waals surface area contributed by atoms with E-state index in [9.17, 15) is 8.42 Å². The Labute approximate surface area is 151 Å². The van der Waals surface area contributed by atoms with Gasteiger partial charge in [-0.3, -0.25) is 4.99 Å². The summed E-state index contributed by atoms with van der Waals surface area (Å²) in [6, 6.07) is 0. The highest BCUT2D eigenvalue weighted by molar-refractivity contribution is 14.0. The van der Waals surface area contributed by atoms with Crippen molar-refractivity contribution >= 4 is 40.0 Å². The van der Waals surface area contributed by atoms with Gasteiger partial charge in [-0.25, -0.2) is 12.7 Å². The first-order chi connectivity index (χ1) is 9.97. The van der Waals surface area contributed by atoms with Crippen LogP contribution >= 0.6 is 24.0 Å². The summed E-state index contributed by atoms with van der Waals surface area (Å²) in [5, 5.41) is 6.53. The van der Waals surface area contributed by atoms with E-state index in [1.807, 2.05) is 0 Å². The van der Waals surface area contributed by atoms with Crippen molar-refractivity contribution in [3.05, 3.63) is 0 Å². The molecule has 1 fully saturated rings. The van der Waals surface area contributed by atoms with E-state index in [1.165, 1.54) is 6.26 Å². The molecule has 1 saturated heterocycles. The van der Waals surface area contributed by atoms with Gasteiger partial charge in [0.1, 0.15) is 0 Å². The van der Waals surface area contributed by atoms with Crippen LogP contribution in [0.2, 0.25) is 0 Å². The van der Waals surface area contributed by atoms with Crippen LogP contribution in [0.15, 0.2) is 4.99 Å². The lowest BCUT2D eigenvalue weighted by Gasteiger charge is -2.30. The van der Waals surface area contributed by atoms with Gasteiger partial charge in [0.25, 0.3) is 0 Å². The third-order valence-electron chi connectivity index (χ3n) is 3.64. The largest absolute Gasteiger partial charge is 0.385 e. The van der Waals surface area contributed by atoms with Crippen molar-refractivity contribution in [3.8, 4) is 0 Å². The number of halogens is 1. The lowest BCUT2D eigenvalue weighted by molar-refractivity contribution is 0.195. The summed E-state index contributed by atoms with van der Waals surface area (Å²) in [5.74, 6) is 1.28. The number of ether oxygens (including phenoxy) is 1. The van der Waals surface area contributed by atoms with Crippen molar-refractivity contribution in [1.82, 2.24) is 14.9 Å². The van der Waals surface area contributed by atoms with Crippen molar-refractivity contribution in [2.45, 2.75) is 19.3 Å². The standard InChI is InChI=1S/C13H28N4O3S.HI/c1-14-13(15-7-4-10-20-2)16-11-12-5-8-17(9-6-12)21(3,18)19;/h12H,4-11H2,1-3H3,(H2,14,15,16);1H. The van der Waals surface area contributed by atoms with Crippen molar-refractivity contribution in [2.24, 2.45) is 10.9 Å². The van der Waals surface area contributed by atoms with Crippen LogP contribution < -0.4 is 10.6 Å². The van der Waals surface area contributed by atoms with Crippen molar-refractivity contribution in [3.63, 3.8) is 0 Å². The summed E-state index contributed by atoms with van der Waals surface area (Å²) in [5.41, 5.74) is 0. The maximum Gasteiger partial charge on any atom is 0.211 e. The van der Waals surface area contributed by atoms with Gasteiger partial charge in [0, 0.05) is 46.9 Å². The highest BCUT2D eigenvalue weighted by Crippen LogP contribution is 2.18. The molecule has 1 aliphatic rings. The molecule has 7 nitrogen and oxygen atoms in total. The van der Waals surface area contributed by atoms with Crippen LogP contribution in [-0.4, -0.2) is 71.9 Å². The number of methoxy groups -OCH3 is 1. The zero-order valence-corrected chi connectivity index (χ0v) is 16.8. The lowest BCUT2D eigenvalue weighted by Crippen LogP contribution is -2.44. The molecule has 0 unspecified atom stereocenters. The average molecular weight is 448 g/mol. The van der Waals surface area contributed by atoms with Gasteiger partial charge in [0.2, 0.25) is 10.0 Å². The van der Waals surface area contributed by atoms with Gasteiger partial charge < -0.3 is 15.4 Å². The van der Waals surface area contributed by atoms with Crippen LogP contribution in [0, 0.1) is 5.92 Å². The number of sulfonamides is 1. The van der Waals surface area contributed by atoms with Gasteiger partial charge in [0.15, 0.2) is 5.96 Å². The molecule has 0 radical (unpaired) electrons. The molecule has 0 aromatic rings. The number of piperidine rings is 1.